The van der Waals surface area contributed by atoms with Gasteiger partial charge in [-0.3, -0.25) is 0 Å². The number of hydrogen-bond acceptors (Lipinski definition) is 2. The van der Waals surface area contributed by atoms with Crippen LogP contribution in [-0.2, 0) is 7.65 Å². The van der Waals surface area contributed by atoms with Crippen LogP contribution in [0.15, 0.2) is 0 Å². The van der Waals surface area contributed by atoms with Crippen molar-refractivity contribution in [2.75, 3.05) is 6.61 Å². The van der Waals surface area contributed by atoms with Gasteiger partial charge >= 0.3 is 46.6 Å². The van der Waals surface area contributed by atoms with Crippen molar-refractivity contribution < 1.29 is 7.65 Å². The summed E-state index contributed by atoms with van der Waals surface area (Å²) in [6.07, 6.45) is 2.20. The molecule has 3 heteroatoms. The zero-order valence-electron chi connectivity index (χ0n) is 4.05. The van der Waals surface area contributed by atoms with Crippen LogP contribution >= 0.6 is 0 Å². The Morgan fingerprint density at radius 3 is 2.57 bits per heavy atom. The number of hydrogen-bond donors (Lipinski definition) is 0. The van der Waals surface area contributed by atoms with E-state index in [2.05, 4.69) is 0 Å². The molecule has 1 fully saturated rings. The average Bonchev–Trinajstić information content (AvgIpc) is 1.69. The molecule has 0 aromatic heterocycles. The monoisotopic (exact) mass is 168 g/mol. The van der Waals surface area contributed by atoms with E-state index >= 15 is 0 Å². The molecule has 0 aliphatic carbocycles. The molecule has 0 spiro atoms. The van der Waals surface area contributed by atoms with Gasteiger partial charge < -0.3 is 0 Å². The van der Waals surface area contributed by atoms with Gasteiger partial charge in [0, 0.05) is 0 Å². The van der Waals surface area contributed by atoms with Crippen molar-refractivity contribution in [2.24, 2.45) is 0 Å². The zero-order chi connectivity index (χ0) is 5.11. The molecule has 1 aliphatic heterocycles. The van der Waals surface area contributed by atoms with Gasteiger partial charge in [0.15, 0.2) is 0 Å². The Morgan fingerprint density at radius 2 is 2.29 bits per heavy atom. The van der Waals surface area contributed by atoms with Crippen molar-refractivity contribution in [3.63, 3.8) is 0 Å². The Bertz CT molecular complexity index is 73.8. The third kappa shape index (κ3) is 1.68. The molecule has 1 unspecified atom stereocenters. The second-order valence-corrected chi connectivity index (χ2v) is 4.16. The maximum absolute atomic E-state index is 10.4. The Kier molecular flexibility index (Phi) is 1.98. The first-order valence-corrected chi connectivity index (χ1v) is 5.02. The molecule has 0 saturated carbocycles. The van der Waals surface area contributed by atoms with Gasteiger partial charge in [-0.25, -0.2) is 0 Å². The van der Waals surface area contributed by atoms with Gasteiger partial charge in [0.05, 0.1) is 0 Å². The first-order chi connectivity index (χ1) is 3.39. The maximum atomic E-state index is 10.4. The molecule has 42 valence electrons. The summed E-state index contributed by atoms with van der Waals surface area (Å²) in [6, 6.07) is 0. The van der Waals surface area contributed by atoms with Crippen molar-refractivity contribution >= 4 is 14.2 Å². The van der Waals surface area contributed by atoms with E-state index in [1.807, 2.05) is 0 Å². The van der Waals surface area contributed by atoms with E-state index in [0.717, 1.165) is 24.8 Å². The van der Waals surface area contributed by atoms with Crippen molar-refractivity contribution in [3.8, 4) is 0 Å². The molecule has 0 amide bonds. The van der Waals surface area contributed by atoms with E-state index in [9.17, 15) is 3.83 Å². The Morgan fingerprint density at radius 1 is 1.43 bits per heavy atom. The summed E-state index contributed by atoms with van der Waals surface area (Å²) < 4.78 is 15.3. The number of rotatable bonds is 0. The SMILES string of the molecule is O=[Se]1CCCCO1. The van der Waals surface area contributed by atoms with E-state index < -0.39 is 14.2 Å². The molecule has 0 aromatic rings. The minimum atomic E-state index is -1.73. The van der Waals surface area contributed by atoms with Crippen LogP contribution in [0.5, 0.6) is 0 Å². The molecule has 1 rings (SSSR count). The first kappa shape index (κ1) is 5.42. The van der Waals surface area contributed by atoms with Crippen LogP contribution in [0.3, 0.4) is 0 Å². The average molecular weight is 167 g/mol. The van der Waals surface area contributed by atoms with Gasteiger partial charge in [0.25, 0.3) is 0 Å². The Balaban J connectivity index is 2.25. The Labute approximate surface area is 47.3 Å². The van der Waals surface area contributed by atoms with E-state index in [-0.39, 0.29) is 0 Å². The van der Waals surface area contributed by atoms with Gasteiger partial charge in [-0.05, 0) is 0 Å². The normalized spacial score (nSPS) is 32.9. The summed E-state index contributed by atoms with van der Waals surface area (Å²) in [4.78, 5) is 0. The molecule has 1 heterocycles. The fourth-order valence-corrected chi connectivity index (χ4v) is 2.34. The first-order valence-electron chi connectivity index (χ1n) is 2.41. The van der Waals surface area contributed by atoms with Crippen LogP contribution in [0.4, 0.5) is 0 Å². The van der Waals surface area contributed by atoms with Crippen LogP contribution in [0.2, 0.25) is 5.32 Å². The van der Waals surface area contributed by atoms with Gasteiger partial charge in [0.1, 0.15) is 0 Å². The summed E-state index contributed by atoms with van der Waals surface area (Å²) in [7, 11) is 0. The van der Waals surface area contributed by atoms with Crippen LogP contribution < -0.4 is 0 Å². The van der Waals surface area contributed by atoms with Crippen molar-refractivity contribution in [1.82, 2.24) is 0 Å². The van der Waals surface area contributed by atoms with Crippen LogP contribution in [0.25, 0.3) is 0 Å². The van der Waals surface area contributed by atoms with Crippen molar-refractivity contribution in [2.45, 2.75) is 18.2 Å². The predicted molar refractivity (Wildman–Crippen MR) is 26.4 cm³/mol. The molecule has 0 aromatic carbocycles. The molecular weight excluding hydrogens is 159 g/mol. The van der Waals surface area contributed by atoms with Crippen LogP contribution in [0, 0.1) is 0 Å². The van der Waals surface area contributed by atoms with E-state index in [0.29, 0.717) is 0 Å². The summed E-state index contributed by atoms with van der Waals surface area (Å²) >= 11 is -1.73. The summed E-state index contributed by atoms with van der Waals surface area (Å²) in [5, 5.41) is 0.833. The quantitative estimate of drug-likeness (QED) is 0.497. The van der Waals surface area contributed by atoms with E-state index in [4.69, 9.17) is 3.82 Å². The van der Waals surface area contributed by atoms with E-state index in [1.54, 1.807) is 0 Å². The predicted octanol–water partition coefficient (Wildman–Crippen LogP) is 0.716. The molecule has 1 saturated heterocycles. The van der Waals surface area contributed by atoms with Gasteiger partial charge in [0.2, 0.25) is 0 Å². The topological polar surface area (TPSA) is 26.3 Å². The molecule has 1 aliphatic rings. The fourth-order valence-electron chi connectivity index (χ4n) is 0.533. The molecule has 2 nitrogen and oxygen atoms in total. The summed E-state index contributed by atoms with van der Waals surface area (Å²) in [6.45, 7) is 0.730. The molecule has 1 atom stereocenters. The third-order valence-corrected chi connectivity index (χ3v) is 3.13. The third-order valence-electron chi connectivity index (χ3n) is 0.920. The van der Waals surface area contributed by atoms with E-state index in [1.165, 1.54) is 0 Å². The van der Waals surface area contributed by atoms with Gasteiger partial charge in [-0.2, -0.15) is 0 Å². The van der Waals surface area contributed by atoms with Crippen LogP contribution in [-0.4, -0.2) is 20.8 Å². The molecule has 7 heavy (non-hydrogen) atoms. The van der Waals surface area contributed by atoms with Crippen molar-refractivity contribution in [3.05, 3.63) is 0 Å². The standard InChI is InChI=1S/C4H8O2Se/c5-7-4-2-1-3-6-7/h1-4H2. The fraction of sp³-hybridized carbons (Fsp3) is 1.00. The molecular formula is C4H8O2Se. The molecule has 0 bridgehead atoms. The van der Waals surface area contributed by atoms with Gasteiger partial charge in [-0.15, -0.1) is 0 Å². The summed E-state index contributed by atoms with van der Waals surface area (Å²) in [5.41, 5.74) is 0. The van der Waals surface area contributed by atoms with Crippen LogP contribution in [0.1, 0.15) is 12.8 Å². The minimum absolute atomic E-state index is 0.730. The second-order valence-electron chi connectivity index (χ2n) is 1.54. The summed E-state index contributed by atoms with van der Waals surface area (Å²) in [5.74, 6) is 0. The molecule has 0 radical (unpaired) electrons. The molecule has 0 N–H and O–H groups in total. The second kappa shape index (κ2) is 2.55. The van der Waals surface area contributed by atoms with Crippen molar-refractivity contribution in [1.29, 1.82) is 0 Å². The zero-order valence-corrected chi connectivity index (χ0v) is 5.77. The Hall–Kier alpha value is 0.279. The van der Waals surface area contributed by atoms with Gasteiger partial charge in [-0.1, -0.05) is 0 Å².